The Balaban J connectivity index is 2.29. The van der Waals surface area contributed by atoms with Crippen molar-refractivity contribution in [1.29, 1.82) is 0 Å². The lowest BCUT2D eigenvalue weighted by Crippen LogP contribution is -2.02. The van der Waals surface area contributed by atoms with Gasteiger partial charge in [-0.25, -0.2) is 0 Å². The number of halogens is 1. The zero-order valence-electron chi connectivity index (χ0n) is 9.38. The van der Waals surface area contributed by atoms with E-state index in [0.29, 0.717) is 13.0 Å². The zero-order valence-corrected chi connectivity index (χ0v) is 11.0. The van der Waals surface area contributed by atoms with Crippen molar-refractivity contribution in [3.8, 4) is 5.75 Å². The van der Waals surface area contributed by atoms with Crippen molar-refractivity contribution in [2.45, 2.75) is 32.6 Å². The van der Waals surface area contributed by atoms with Gasteiger partial charge < -0.3 is 4.74 Å². The van der Waals surface area contributed by atoms with Gasteiger partial charge in [-0.3, -0.25) is 4.79 Å². The highest BCUT2D eigenvalue weighted by Gasteiger charge is 2.21. The molecular weight excluding hydrogens is 268 g/mol. The fourth-order valence-electron chi connectivity index (χ4n) is 1.95. The van der Waals surface area contributed by atoms with Crippen LogP contribution in [-0.2, 0) is 6.42 Å². The van der Waals surface area contributed by atoms with Crippen LogP contribution >= 0.6 is 15.9 Å². The molecule has 16 heavy (non-hydrogen) atoms. The van der Waals surface area contributed by atoms with Gasteiger partial charge in [0.05, 0.1) is 12.2 Å². The Bertz CT molecular complexity index is 413. The lowest BCUT2D eigenvalue weighted by Gasteiger charge is -2.07. The second kappa shape index (κ2) is 5.00. The molecule has 2 nitrogen and oxygen atoms in total. The van der Waals surface area contributed by atoms with Crippen molar-refractivity contribution in [1.82, 2.24) is 0 Å². The molecule has 0 aliphatic carbocycles. The number of carbonyl (C=O) groups excluding carboxylic acids is 1. The number of Topliss-reactive ketones (excluding diaryl/α,β-unsaturated/α-hetero) is 1. The molecule has 0 radical (unpaired) electrons. The van der Waals surface area contributed by atoms with Crippen molar-refractivity contribution in [3.63, 3.8) is 0 Å². The molecule has 0 aromatic heterocycles. The highest BCUT2D eigenvalue weighted by molar-refractivity contribution is 9.10. The van der Waals surface area contributed by atoms with E-state index in [2.05, 4.69) is 22.9 Å². The molecule has 1 aromatic carbocycles. The average Bonchev–Trinajstić information content (AvgIpc) is 2.72. The van der Waals surface area contributed by atoms with Gasteiger partial charge in [-0.1, -0.05) is 29.3 Å². The molecule has 3 heteroatoms. The fraction of sp³-hybridized carbons (Fsp3) is 0.462. The topological polar surface area (TPSA) is 26.3 Å². The third kappa shape index (κ3) is 2.29. The number of rotatable bonds is 4. The lowest BCUT2D eigenvalue weighted by molar-refractivity contribution is 0.0976. The summed E-state index contributed by atoms with van der Waals surface area (Å²) in [5.41, 5.74) is 1.89. The van der Waals surface area contributed by atoms with E-state index in [0.717, 1.165) is 40.6 Å². The summed E-state index contributed by atoms with van der Waals surface area (Å²) in [6, 6.07) is 3.92. The summed E-state index contributed by atoms with van der Waals surface area (Å²) in [7, 11) is 0. The van der Waals surface area contributed by atoms with E-state index < -0.39 is 0 Å². The second-order valence-electron chi connectivity index (χ2n) is 4.07. The maximum Gasteiger partial charge on any atom is 0.166 e. The zero-order chi connectivity index (χ0) is 11.5. The monoisotopic (exact) mass is 282 g/mol. The van der Waals surface area contributed by atoms with Gasteiger partial charge >= 0.3 is 0 Å². The van der Waals surface area contributed by atoms with Crippen LogP contribution in [0.1, 0.15) is 42.1 Å². The Morgan fingerprint density at radius 1 is 1.50 bits per heavy atom. The van der Waals surface area contributed by atoms with Crippen molar-refractivity contribution in [2.75, 3.05) is 6.61 Å². The molecule has 0 N–H and O–H groups in total. The molecule has 0 bridgehead atoms. The van der Waals surface area contributed by atoms with Crippen LogP contribution in [0.5, 0.6) is 5.75 Å². The highest BCUT2D eigenvalue weighted by Crippen LogP contribution is 2.33. The van der Waals surface area contributed by atoms with Crippen LogP contribution in [0.2, 0.25) is 0 Å². The van der Waals surface area contributed by atoms with Gasteiger partial charge in [-0.05, 0) is 24.1 Å². The number of hydrogen-bond acceptors (Lipinski definition) is 2. The van der Waals surface area contributed by atoms with Crippen molar-refractivity contribution < 1.29 is 9.53 Å². The van der Waals surface area contributed by atoms with Gasteiger partial charge in [0, 0.05) is 17.3 Å². The summed E-state index contributed by atoms with van der Waals surface area (Å²) in [4.78, 5) is 12.0. The van der Waals surface area contributed by atoms with E-state index in [1.54, 1.807) is 0 Å². The number of benzene rings is 1. The maximum absolute atomic E-state index is 12.0. The molecule has 0 saturated heterocycles. The summed E-state index contributed by atoms with van der Waals surface area (Å²) >= 11 is 3.44. The number of ketones is 1. The first-order chi connectivity index (χ1) is 7.72. The van der Waals surface area contributed by atoms with Crippen molar-refractivity contribution in [3.05, 3.63) is 27.7 Å². The molecule has 1 aliphatic heterocycles. The Kier molecular flexibility index (Phi) is 3.64. The van der Waals surface area contributed by atoms with E-state index >= 15 is 0 Å². The Labute approximate surface area is 104 Å². The molecular formula is C13H15BrO2. The van der Waals surface area contributed by atoms with Gasteiger partial charge in [0.15, 0.2) is 5.78 Å². The van der Waals surface area contributed by atoms with E-state index in [1.165, 1.54) is 0 Å². The molecule has 0 fully saturated rings. The van der Waals surface area contributed by atoms with Crippen LogP contribution in [0.4, 0.5) is 0 Å². The first-order valence-electron chi connectivity index (χ1n) is 5.70. The third-order valence-corrected chi connectivity index (χ3v) is 3.26. The molecule has 86 valence electrons. The fourth-order valence-corrected chi connectivity index (χ4v) is 2.45. The third-order valence-electron chi connectivity index (χ3n) is 2.81. The summed E-state index contributed by atoms with van der Waals surface area (Å²) in [6.45, 7) is 2.79. The molecule has 1 aliphatic rings. The SMILES string of the molecule is CCCCC(=O)c1cc(Br)cc2c1OCC2. The average molecular weight is 283 g/mol. The number of unbranched alkanes of at least 4 members (excludes halogenated alkanes) is 1. The summed E-state index contributed by atoms with van der Waals surface area (Å²) in [5, 5.41) is 0. The Hall–Kier alpha value is -0.830. The Morgan fingerprint density at radius 3 is 3.06 bits per heavy atom. The first kappa shape index (κ1) is 11.6. The number of fused-ring (bicyclic) bond motifs is 1. The standard InChI is InChI=1S/C13H15BrO2/c1-2-3-4-12(15)11-8-10(14)7-9-5-6-16-13(9)11/h7-8H,2-6H2,1H3. The quantitative estimate of drug-likeness (QED) is 0.786. The second-order valence-corrected chi connectivity index (χ2v) is 4.98. The minimum Gasteiger partial charge on any atom is -0.492 e. The van der Waals surface area contributed by atoms with Gasteiger partial charge in [0.25, 0.3) is 0 Å². The van der Waals surface area contributed by atoms with Crippen LogP contribution in [-0.4, -0.2) is 12.4 Å². The predicted molar refractivity (Wildman–Crippen MR) is 67.2 cm³/mol. The number of ether oxygens (including phenoxy) is 1. The van der Waals surface area contributed by atoms with E-state index in [1.807, 2.05) is 12.1 Å². The van der Waals surface area contributed by atoms with Crippen molar-refractivity contribution >= 4 is 21.7 Å². The molecule has 0 unspecified atom stereocenters. The Morgan fingerprint density at radius 2 is 2.31 bits per heavy atom. The molecule has 0 amide bonds. The van der Waals surface area contributed by atoms with Gasteiger partial charge in [0.1, 0.15) is 5.75 Å². The molecule has 1 heterocycles. The van der Waals surface area contributed by atoms with Crippen LogP contribution in [0.25, 0.3) is 0 Å². The van der Waals surface area contributed by atoms with Crippen molar-refractivity contribution in [2.24, 2.45) is 0 Å². The van der Waals surface area contributed by atoms with Gasteiger partial charge in [-0.15, -0.1) is 0 Å². The first-order valence-corrected chi connectivity index (χ1v) is 6.50. The number of hydrogen-bond donors (Lipinski definition) is 0. The molecule has 2 rings (SSSR count). The molecule has 0 saturated carbocycles. The van der Waals surface area contributed by atoms with E-state index in [-0.39, 0.29) is 5.78 Å². The highest BCUT2D eigenvalue weighted by atomic mass is 79.9. The maximum atomic E-state index is 12.0. The lowest BCUT2D eigenvalue weighted by atomic mass is 10.0. The molecule has 0 atom stereocenters. The predicted octanol–water partition coefficient (Wildman–Crippen LogP) is 3.76. The summed E-state index contributed by atoms with van der Waals surface area (Å²) in [6.07, 6.45) is 3.51. The van der Waals surface area contributed by atoms with Gasteiger partial charge in [-0.2, -0.15) is 0 Å². The molecule has 1 aromatic rings. The normalized spacial score (nSPS) is 13.4. The van der Waals surface area contributed by atoms with Crippen LogP contribution in [0.15, 0.2) is 16.6 Å². The minimum absolute atomic E-state index is 0.196. The van der Waals surface area contributed by atoms with Gasteiger partial charge in [0.2, 0.25) is 0 Å². The summed E-state index contributed by atoms with van der Waals surface area (Å²) < 4.78 is 6.51. The smallest absolute Gasteiger partial charge is 0.166 e. The number of carbonyl (C=O) groups is 1. The van der Waals surface area contributed by atoms with Crippen LogP contribution in [0, 0.1) is 0 Å². The minimum atomic E-state index is 0.196. The molecule has 0 spiro atoms. The van der Waals surface area contributed by atoms with Crippen LogP contribution in [0.3, 0.4) is 0 Å². The largest absolute Gasteiger partial charge is 0.492 e. The van der Waals surface area contributed by atoms with E-state index in [9.17, 15) is 4.79 Å². The van der Waals surface area contributed by atoms with E-state index in [4.69, 9.17) is 4.74 Å². The summed E-state index contributed by atoms with van der Waals surface area (Å²) in [5.74, 6) is 1.01. The van der Waals surface area contributed by atoms with Crippen LogP contribution < -0.4 is 4.74 Å².